The average Bonchev–Trinajstić information content (AvgIpc) is 3.13. The molecule has 1 aliphatic rings. The number of amides is 1. The Morgan fingerprint density at radius 3 is 2.35 bits per heavy atom. The fourth-order valence-electron chi connectivity index (χ4n) is 1.89. The second-order valence-corrected chi connectivity index (χ2v) is 5.62. The van der Waals surface area contributed by atoms with Crippen LogP contribution in [0.1, 0.15) is 25.7 Å². The third-order valence-corrected chi connectivity index (χ3v) is 3.38. The topological polar surface area (TPSA) is 49.6 Å². The maximum Gasteiger partial charge on any atom is 0.401 e. The molecule has 1 rings (SSSR count). The van der Waals surface area contributed by atoms with Crippen molar-refractivity contribution >= 4 is 23.1 Å². The third kappa shape index (κ3) is 7.04. The van der Waals surface area contributed by atoms with E-state index >= 15 is 0 Å². The molecular weight excluding hydrogens is 291 g/mol. The molecule has 0 aromatic carbocycles. The lowest BCUT2D eigenvalue weighted by Gasteiger charge is -2.24. The molecule has 1 fully saturated rings. The lowest BCUT2D eigenvalue weighted by Crippen LogP contribution is -2.39. The molecule has 8 heteroatoms. The Kier molecular flexibility index (Phi) is 6.19. The fraction of sp³-hybridized carbons (Fsp3) is 0.833. The molecule has 1 aliphatic carbocycles. The van der Waals surface area contributed by atoms with Gasteiger partial charge in [-0.25, -0.2) is 0 Å². The number of carbonyl (C=O) groups excluding carboxylic acids is 1. The second kappa shape index (κ2) is 7.21. The normalized spacial score (nSPS) is 15.4. The number of nitrogens with two attached hydrogens (primary N) is 1. The van der Waals surface area contributed by atoms with Crippen LogP contribution in [-0.4, -0.2) is 59.6 Å². The molecule has 0 radical (unpaired) electrons. The highest BCUT2D eigenvalue weighted by molar-refractivity contribution is 7.80. The maximum atomic E-state index is 12.4. The van der Waals surface area contributed by atoms with E-state index in [0.29, 0.717) is 18.0 Å². The highest BCUT2D eigenvalue weighted by Gasteiger charge is 2.37. The predicted molar refractivity (Wildman–Crippen MR) is 74.3 cm³/mol. The Bertz CT molecular complexity index is 358. The molecule has 0 unspecified atom stereocenters. The molecule has 116 valence electrons. The van der Waals surface area contributed by atoms with Gasteiger partial charge in [-0.3, -0.25) is 9.69 Å². The van der Waals surface area contributed by atoms with Crippen LogP contribution in [0.4, 0.5) is 13.2 Å². The first-order valence-electron chi connectivity index (χ1n) is 6.52. The number of alkyl halides is 3. The lowest BCUT2D eigenvalue weighted by molar-refractivity contribution is -0.149. The van der Waals surface area contributed by atoms with Crippen molar-refractivity contribution in [2.75, 3.05) is 26.7 Å². The molecule has 0 spiro atoms. The molecule has 0 heterocycles. The van der Waals surface area contributed by atoms with Crippen molar-refractivity contribution in [2.45, 2.75) is 37.9 Å². The minimum atomic E-state index is -4.22. The number of halogens is 3. The molecule has 1 saturated carbocycles. The van der Waals surface area contributed by atoms with E-state index < -0.39 is 12.7 Å². The largest absolute Gasteiger partial charge is 0.401 e. The van der Waals surface area contributed by atoms with Gasteiger partial charge in [0, 0.05) is 39.0 Å². The molecule has 2 N–H and O–H groups in total. The maximum absolute atomic E-state index is 12.4. The Labute approximate surface area is 122 Å². The summed E-state index contributed by atoms with van der Waals surface area (Å²) in [6.07, 6.45) is -2.15. The zero-order valence-electron chi connectivity index (χ0n) is 11.4. The molecule has 0 aromatic rings. The van der Waals surface area contributed by atoms with Crippen LogP contribution in [0.3, 0.4) is 0 Å². The van der Waals surface area contributed by atoms with Gasteiger partial charge in [0.25, 0.3) is 0 Å². The van der Waals surface area contributed by atoms with Crippen LogP contribution in [0.5, 0.6) is 0 Å². The van der Waals surface area contributed by atoms with E-state index in [-0.39, 0.29) is 24.9 Å². The standard InChI is InChI=1S/C12H20F3N3OS/c1-17(6-4-10(16)20)11(19)5-7-18(9-2-3-9)8-12(13,14)15/h9H,2-8H2,1H3,(H2,16,20). The van der Waals surface area contributed by atoms with Crippen molar-refractivity contribution < 1.29 is 18.0 Å². The zero-order chi connectivity index (χ0) is 15.3. The summed E-state index contributed by atoms with van der Waals surface area (Å²) in [7, 11) is 1.60. The van der Waals surface area contributed by atoms with Crippen LogP contribution < -0.4 is 5.73 Å². The summed E-state index contributed by atoms with van der Waals surface area (Å²) < 4.78 is 37.3. The summed E-state index contributed by atoms with van der Waals surface area (Å²) in [6.45, 7) is -0.404. The lowest BCUT2D eigenvalue weighted by atomic mass is 10.3. The monoisotopic (exact) mass is 311 g/mol. The second-order valence-electron chi connectivity index (χ2n) is 5.10. The highest BCUT2D eigenvalue weighted by atomic mass is 32.1. The SMILES string of the molecule is CN(CCC(N)=S)C(=O)CCN(CC(F)(F)F)C1CC1. The fourth-order valence-corrected chi connectivity index (χ4v) is 1.98. The van der Waals surface area contributed by atoms with E-state index in [2.05, 4.69) is 0 Å². The van der Waals surface area contributed by atoms with E-state index in [9.17, 15) is 18.0 Å². The summed E-state index contributed by atoms with van der Waals surface area (Å²) in [4.78, 5) is 14.9. The average molecular weight is 311 g/mol. The summed E-state index contributed by atoms with van der Waals surface area (Å²) in [6, 6.07) is -0.0219. The smallest absolute Gasteiger partial charge is 0.393 e. The first-order valence-corrected chi connectivity index (χ1v) is 6.93. The van der Waals surface area contributed by atoms with Gasteiger partial charge in [0.1, 0.15) is 0 Å². The van der Waals surface area contributed by atoms with Crippen LogP contribution in [0.2, 0.25) is 0 Å². The van der Waals surface area contributed by atoms with Gasteiger partial charge < -0.3 is 10.6 Å². The number of thiocarbonyl (C=S) groups is 1. The van der Waals surface area contributed by atoms with Gasteiger partial charge >= 0.3 is 6.18 Å². The van der Waals surface area contributed by atoms with Crippen LogP contribution in [-0.2, 0) is 4.79 Å². The number of rotatable bonds is 8. The Hall–Kier alpha value is -0.890. The minimum Gasteiger partial charge on any atom is -0.393 e. The minimum absolute atomic E-state index is 0.0219. The molecule has 1 amide bonds. The van der Waals surface area contributed by atoms with Gasteiger partial charge in [0.15, 0.2) is 0 Å². The van der Waals surface area contributed by atoms with Gasteiger partial charge in [-0.05, 0) is 12.8 Å². The first kappa shape index (κ1) is 17.2. The highest BCUT2D eigenvalue weighted by Crippen LogP contribution is 2.30. The van der Waals surface area contributed by atoms with E-state index in [1.165, 1.54) is 9.80 Å². The molecular formula is C12H20F3N3OS. The van der Waals surface area contributed by atoms with Crippen LogP contribution in [0, 0.1) is 0 Å². The van der Waals surface area contributed by atoms with E-state index in [0.717, 1.165) is 12.8 Å². The van der Waals surface area contributed by atoms with E-state index in [1.54, 1.807) is 7.05 Å². The molecule has 20 heavy (non-hydrogen) atoms. The number of hydrogen-bond donors (Lipinski definition) is 1. The number of nitrogens with zero attached hydrogens (tertiary/aromatic N) is 2. The molecule has 0 saturated heterocycles. The molecule has 4 nitrogen and oxygen atoms in total. The van der Waals surface area contributed by atoms with Crippen molar-refractivity contribution in [3.63, 3.8) is 0 Å². The predicted octanol–water partition coefficient (Wildman–Crippen LogP) is 1.54. The molecule has 0 aromatic heterocycles. The summed E-state index contributed by atoms with van der Waals surface area (Å²) >= 11 is 4.72. The Morgan fingerprint density at radius 2 is 1.90 bits per heavy atom. The van der Waals surface area contributed by atoms with Crippen molar-refractivity contribution in [1.29, 1.82) is 0 Å². The molecule has 0 atom stereocenters. The van der Waals surface area contributed by atoms with Crippen molar-refractivity contribution in [3.8, 4) is 0 Å². The van der Waals surface area contributed by atoms with Crippen LogP contribution in [0.25, 0.3) is 0 Å². The van der Waals surface area contributed by atoms with Gasteiger partial charge in [0.05, 0.1) is 11.5 Å². The zero-order valence-corrected chi connectivity index (χ0v) is 12.3. The van der Waals surface area contributed by atoms with Crippen molar-refractivity contribution in [2.24, 2.45) is 5.73 Å². The van der Waals surface area contributed by atoms with E-state index in [1.807, 2.05) is 0 Å². The number of hydrogen-bond acceptors (Lipinski definition) is 3. The third-order valence-electron chi connectivity index (χ3n) is 3.18. The Morgan fingerprint density at radius 1 is 1.30 bits per heavy atom. The van der Waals surface area contributed by atoms with Crippen LogP contribution in [0.15, 0.2) is 0 Å². The summed E-state index contributed by atoms with van der Waals surface area (Å²) in [5, 5.41) is 0. The first-order chi connectivity index (χ1) is 9.19. The summed E-state index contributed by atoms with van der Waals surface area (Å²) in [5.41, 5.74) is 5.34. The van der Waals surface area contributed by atoms with Gasteiger partial charge in [-0.1, -0.05) is 12.2 Å². The van der Waals surface area contributed by atoms with Crippen molar-refractivity contribution in [3.05, 3.63) is 0 Å². The quantitative estimate of drug-likeness (QED) is 0.691. The van der Waals surface area contributed by atoms with Crippen LogP contribution >= 0.6 is 12.2 Å². The van der Waals surface area contributed by atoms with Gasteiger partial charge in [-0.2, -0.15) is 13.2 Å². The molecule has 0 bridgehead atoms. The number of carbonyl (C=O) groups is 1. The Balaban J connectivity index is 2.35. The van der Waals surface area contributed by atoms with Crippen molar-refractivity contribution in [1.82, 2.24) is 9.80 Å². The van der Waals surface area contributed by atoms with Gasteiger partial charge in [-0.15, -0.1) is 0 Å². The van der Waals surface area contributed by atoms with E-state index in [4.69, 9.17) is 18.0 Å². The summed E-state index contributed by atoms with van der Waals surface area (Å²) in [5.74, 6) is -0.186. The van der Waals surface area contributed by atoms with Gasteiger partial charge in [0.2, 0.25) is 5.91 Å². The molecule has 0 aliphatic heterocycles.